The van der Waals surface area contributed by atoms with Gasteiger partial charge >= 0.3 is 12.1 Å². The molecule has 3 nitrogen and oxygen atoms in total. The minimum absolute atomic E-state index is 0.0321. The number of carbonyl (C=O) groups excluding carboxylic acids is 1. The first kappa shape index (κ1) is 11.2. The zero-order valence-electron chi connectivity index (χ0n) is 6.52. The summed E-state index contributed by atoms with van der Waals surface area (Å²) >= 11 is 0. The van der Waals surface area contributed by atoms with Gasteiger partial charge in [0.2, 0.25) is 0 Å². The van der Waals surface area contributed by atoms with E-state index in [2.05, 4.69) is 4.74 Å². The molecule has 0 amide bonds. The van der Waals surface area contributed by atoms with Gasteiger partial charge in [0.15, 0.2) is 0 Å². The van der Waals surface area contributed by atoms with E-state index in [1.807, 2.05) is 0 Å². The van der Waals surface area contributed by atoms with Gasteiger partial charge in [0, 0.05) is 0 Å². The number of hydrogen-bond donors (Lipinski definition) is 1. The minimum atomic E-state index is -4.42. The fourth-order valence-electron chi connectivity index (χ4n) is 0.582. The molecule has 72 valence electrons. The topological polar surface area (TPSA) is 52.3 Å². The Bertz CT molecular complexity index is 157. The fourth-order valence-corrected chi connectivity index (χ4v) is 0.582. The summed E-state index contributed by atoms with van der Waals surface area (Å²) in [6.45, 7) is 1.53. The third-order valence-corrected chi connectivity index (χ3v) is 1.04. The quantitative estimate of drug-likeness (QED) is 0.662. The predicted molar refractivity (Wildman–Crippen MR) is 35.3 cm³/mol. The molecule has 0 fully saturated rings. The van der Waals surface area contributed by atoms with Crippen LogP contribution in [0.15, 0.2) is 0 Å². The van der Waals surface area contributed by atoms with Crippen molar-refractivity contribution in [3.8, 4) is 0 Å². The van der Waals surface area contributed by atoms with E-state index in [1.54, 1.807) is 0 Å². The summed E-state index contributed by atoms with van der Waals surface area (Å²) in [6, 6.07) is -1.61. The van der Waals surface area contributed by atoms with E-state index < -0.39 is 24.6 Å². The fraction of sp³-hybridized carbons (Fsp3) is 0.833. The largest absolute Gasteiger partial charge is 0.465 e. The van der Waals surface area contributed by atoms with Crippen LogP contribution in [-0.4, -0.2) is 24.8 Å². The Morgan fingerprint density at radius 3 is 2.42 bits per heavy atom. The number of halogens is 3. The van der Waals surface area contributed by atoms with Crippen molar-refractivity contribution < 1.29 is 22.7 Å². The molecule has 2 N–H and O–H groups in total. The molecular formula is C6H10F3NO2. The van der Waals surface area contributed by atoms with Crippen molar-refractivity contribution in [2.24, 2.45) is 5.73 Å². The van der Waals surface area contributed by atoms with Crippen molar-refractivity contribution >= 4 is 5.97 Å². The number of ether oxygens (including phenoxy) is 1. The molecule has 0 unspecified atom stereocenters. The Labute approximate surface area is 67.7 Å². The first-order valence-corrected chi connectivity index (χ1v) is 3.35. The number of rotatable bonds is 3. The molecular weight excluding hydrogens is 175 g/mol. The van der Waals surface area contributed by atoms with Crippen LogP contribution in [0.4, 0.5) is 13.2 Å². The van der Waals surface area contributed by atoms with E-state index >= 15 is 0 Å². The molecule has 0 aromatic rings. The van der Waals surface area contributed by atoms with Gasteiger partial charge in [-0.05, 0) is 6.92 Å². The number of carbonyl (C=O) groups is 1. The summed E-state index contributed by atoms with van der Waals surface area (Å²) in [4.78, 5) is 10.6. The zero-order valence-corrected chi connectivity index (χ0v) is 6.52. The molecule has 0 saturated carbocycles. The van der Waals surface area contributed by atoms with Crippen LogP contribution in [0.1, 0.15) is 13.3 Å². The van der Waals surface area contributed by atoms with Gasteiger partial charge in [-0.1, -0.05) is 0 Å². The standard InChI is InChI=1S/C6H10F3NO2/c1-2-12-5(11)4(10)3-6(7,8)9/h4H,2-3,10H2,1H3/t4-/m0/s1. The highest BCUT2D eigenvalue weighted by molar-refractivity contribution is 5.75. The molecule has 1 atom stereocenters. The Morgan fingerprint density at radius 1 is 1.58 bits per heavy atom. The Morgan fingerprint density at radius 2 is 2.08 bits per heavy atom. The molecule has 12 heavy (non-hydrogen) atoms. The molecule has 0 aliphatic heterocycles. The van der Waals surface area contributed by atoms with Gasteiger partial charge in [-0.25, -0.2) is 0 Å². The molecule has 6 heteroatoms. The summed E-state index contributed by atoms with van der Waals surface area (Å²) < 4.78 is 39.1. The maximum Gasteiger partial charge on any atom is 0.391 e. The summed E-state index contributed by atoms with van der Waals surface area (Å²) in [6.07, 6.45) is -5.77. The lowest BCUT2D eigenvalue weighted by atomic mass is 10.2. The van der Waals surface area contributed by atoms with E-state index in [-0.39, 0.29) is 6.61 Å². The van der Waals surface area contributed by atoms with Crippen LogP contribution in [0.3, 0.4) is 0 Å². The lowest BCUT2D eigenvalue weighted by molar-refractivity contribution is -0.160. The Balaban J connectivity index is 3.87. The van der Waals surface area contributed by atoms with Crippen LogP contribution < -0.4 is 5.73 Å². The van der Waals surface area contributed by atoms with Crippen molar-refractivity contribution in [1.29, 1.82) is 0 Å². The lowest BCUT2D eigenvalue weighted by Crippen LogP contribution is -2.36. The first-order valence-electron chi connectivity index (χ1n) is 3.35. The second-order valence-corrected chi connectivity index (χ2v) is 2.18. The van der Waals surface area contributed by atoms with E-state index in [9.17, 15) is 18.0 Å². The SMILES string of the molecule is CCOC(=O)[C@@H](N)CC(F)(F)F. The van der Waals surface area contributed by atoms with Crippen molar-refractivity contribution in [1.82, 2.24) is 0 Å². The first-order chi connectivity index (χ1) is 5.37. The number of alkyl halides is 3. The van der Waals surface area contributed by atoms with Gasteiger partial charge in [0.25, 0.3) is 0 Å². The molecule has 0 bridgehead atoms. The molecule has 0 saturated heterocycles. The van der Waals surface area contributed by atoms with Crippen molar-refractivity contribution in [3.63, 3.8) is 0 Å². The third-order valence-electron chi connectivity index (χ3n) is 1.04. The maximum absolute atomic E-state index is 11.6. The summed E-state index contributed by atoms with van der Waals surface area (Å²) in [5, 5.41) is 0. The average molecular weight is 185 g/mol. The van der Waals surface area contributed by atoms with Gasteiger partial charge in [-0.2, -0.15) is 13.2 Å². The second kappa shape index (κ2) is 4.30. The number of esters is 1. The summed E-state index contributed by atoms with van der Waals surface area (Å²) in [5.41, 5.74) is 4.89. The van der Waals surface area contributed by atoms with E-state index in [0.29, 0.717) is 0 Å². The molecule has 0 heterocycles. The zero-order chi connectivity index (χ0) is 9.78. The number of hydrogen-bond acceptors (Lipinski definition) is 3. The average Bonchev–Trinajstić information content (AvgIpc) is 1.84. The van der Waals surface area contributed by atoms with Crippen LogP contribution in [0.5, 0.6) is 0 Å². The summed E-state index contributed by atoms with van der Waals surface area (Å²) in [5.74, 6) is -1.02. The normalized spacial score (nSPS) is 14.1. The van der Waals surface area contributed by atoms with Crippen LogP contribution >= 0.6 is 0 Å². The van der Waals surface area contributed by atoms with Crippen LogP contribution in [0.2, 0.25) is 0 Å². The monoisotopic (exact) mass is 185 g/mol. The van der Waals surface area contributed by atoms with E-state index in [4.69, 9.17) is 5.73 Å². The van der Waals surface area contributed by atoms with Crippen molar-refractivity contribution in [2.45, 2.75) is 25.6 Å². The smallest absolute Gasteiger partial charge is 0.391 e. The lowest BCUT2D eigenvalue weighted by Gasteiger charge is -2.12. The predicted octanol–water partition coefficient (Wildman–Crippen LogP) is 0.829. The van der Waals surface area contributed by atoms with Crippen LogP contribution in [0, 0.1) is 0 Å². The van der Waals surface area contributed by atoms with Gasteiger partial charge in [-0.15, -0.1) is 0 Å². The molecule has 0 aromatic carbocycles. The second-order valence-electron chi connectivity index (χ2n) is 2.18. The molecule has 0 radical (unpaired) electrons. The highest BCUT2D eigenvalue weighted by Gasteiger charge is 2.33. The van der Waals surface area contributed by atoms with Gasteiger partial charge in [0.1, 0.15) is 6.04 Å². The molecule has 0 spiro atoms. The third kappa shape index (κ3) is 4.95. The number of nitrogens with two attached hydrogens (primary N) is 1. The van der Waals surface area contributed by atoms with Gasteiger partial charge < -0.3 is 10.5 Å². The Kier molecular flexibility index (Phi) is 4.02. The summed E-state index contributed by atoms with van der Waals surface area (Å²) in [7, 11) is 0. The van der Waals surface area contributed by atoms with Crippen molar-refractivity contribution in [3.05, 3.63) is 0 Å². The molecule has 0 rings (SSSR count). The van der Waals surface area contributed by atoms with Crippen LogP contribution in [0.25, 0.3) is 0 Å². The highest BCUT2D eigenvalue weighted by Crippen LogP contribution is 2.20. The van der Waals surface area contributed by atoms with E-state index in [1.165, 1.54) is 6.92 Å². The maximum atomic E-state index is 11.6. The molecule has 0 aromatic heterocycles. The Hall–Kier alpha value is -0.780. The molecule has 0 aliphatic rings. The van der Waals surface area contributed by atoms with E-state index in [0.717, 1.165) is 0 Å². The van der Waals surface area contributed by atoms with Gasteiger partial charge in [-0.3, -0.25) is 4.79 Å². The van der Waals surface area contributed by atoms with Crippen LogP contribution in [-0.2, 0) is 9.53 Å². The molecule has 0 aliphatic carbocycles. The van der Waals surface area contributed by atoms with Gasteiger partial charge in [0.05, 0.1) is 13.0 Å². The minimum Gasteiger partial charge on any atom is -0.465 e. The highest BCUT2D eigenvalue weighted by atomic mass is 19.4. The van der Waals surface area contributed by atoms with Crippen molar-refractivity contribution in [2.75, 3.05) is 6.61 Å².